The second kappa shape index (κ2) is 9.42. The molecule has 2 amide bonds. The molecule has 0 unspecified atom stereocenters. The third-order valence-electron chi connectivity index (χ3n) is 3.65. The first-order chi connectivity index (χ1) is 14.0. The molecule has 0 atom stereocenters. The van der Waals surface area contributed by atoms with Crippen LogP contribution in [-0.2, 0) is 11.2 Å². The molecule has 0 saturated carbocycles. The zero-order valence-electron chi connectivity index (χ0n) is 15.3. The van der Waals surface area contributed by atoms with Crippen molar-refractivity contribution < 1.29 is 19.4 Å². The van der Waals surface area contributed by atoms with Crippen LogP contribution in [0.4, 0.5) is 5.13 Å². The number of nitrogens with one attached hydrogen (secondary N) is 2. The van der Waals surface area contributed by atoms with Gasteiger partial charge in [-0.15, -0.1) is 10.2 Å². The highest BCUT2D eigenvalue weighted by molar-refractivity contribution is 7.15. The Hall–Kier alpha value is -3.79. The number of hydrogen-bond donors (Lipinski definition) is 3. The van der Waals surface area contributed by atoms with Gasteiger partial charge in [0.15, 0.2) is 0 Å². The smallest absolute Gasteiger partial charge is 0.257 e. The number of phenolic OH excluding ortho intramolecular Hbond substituents is 1. The van der Waals surface area contributed by atoms with Crippen LogP contribution in [0, 0.1) is 0 Å². The molecular weight excluding hydrogens is 394 g/mol. The summed E-state index contributed by atoms with van der Waals surface area (Å²) in [5, 5.41) is 24.2. The number of carbonyl (C=O) groups excluding carboxylic acids is 2. The minimum absolute atomic E-state index is 0.0248. The number of aromatic hydroxyl groups is 1. The number of hydrazone groups is 1. The molecule has 0 fully saturated rings. The van der Waals surface area contributed by atoms with Gasteiger partial charge >= 0.3 is 0 Å². The van der Waals surface area contributed by atoms with Crippen molar-refractivity contribution in [1.29, 1.82) is 0 Å². The summed E-state index contributed by atoms with van der Waals surface area (Å²) >= 11 is 1.10. The van der Waals surface area contributed by atoms with Gasteiger partial charge in [0.05, 0.1) is 19.7 Å². The summed E-state index contributed by atoms with van der Waals surface area (Å²) in [4.78, 5) is 24.2. The van der Waals surface area contributed by atoms with E-state index in [1.54, 1.807) is 43.5 Å². The van der Waals surface area contributed by atoms with Gasteiger partial charge in [-0.1, -0.05) is 11.3 Å². The van der Waals surface area contributed by atoms with Crippen LogP contribution in [0.5, 0.6) is 11.5 Å². The molecule has 10 heteroatoms. The highest BCUT2D eigenvalue weighted by Crippen LogP contribution is 2.18. The van der Waals surface area contributed by atoms with E-state index in [9.17, 15) is 14.7 Å². The van der Waals surface area contributed by atoms with E-state index in [0.717, 1.165) is 16.9 Å². The average Bonchev–Trinajstić information content (AvgIpc) is 3.16. The van der Waals surface area contributed by atoms with Gasteiger partial charge in [0.1, 0.15) is 16.5 Å². The lowest BCUT2D eigenvalue weighted by Crippen LogP contribution is -2.19. The lowest BCUT2D eigenvalue weighted by atomic mass is 10.2. The van der Waals surface area contributed by atoms with Gasteiger partial charge in [0.2, 0.25) is 11.0 Å². The number of phenols is 1. The summed E-state index contributed by atoms with van der Waals surface area (Å²) < 4.78 is 5.06. The number of benzene rings is 2. The van der Waals surface area contributed by atoms with Crippen LogP contribution >= 0.6 is 11.3 Å². The Morgan fingerprint density at radius 2 is 1.86 bits per heavy atom. The molecule has 0 aliphatic rings. The van der Waals surface area contributed by atoms with Crippen LogP contribution in [0.15, 0.2) is 53.6 Å². The fourth-order valence-corrected chi connectivity index (χ4v) is 2.94. The number of ether oxygens (including phenoxy) is 1. The van der Waals surface area contributed by atoms with Gasteiger partial charge in [0, 0.05) is 5.56 Å². The third-order valence-corrected chi connectivity index (χ3v) is 4.49. The molecule has 0 aliphatic carbocycles. The van der Waals surface area contributed by atoms with E-state index >= 15 is 0 Å². The number of carbonyl (C=O) groups is 2. The number of anilines is 1. The Morgan fingerprint density at radius 3 is 2.55 bits per heavy atom. The molecule has 2 aromatic carbocycles. The van der Waals surface area contributed by atoms with Gasteiger partial charge in [-0.25, -0.2) is 5.43 Å². The van der Waals surface area contributed by atoms with Crippen LogP contribution in [0.2, 0.25) is 0 Å². The van der Waals surface area contributed by atoms with Crippen LogP contribution < -0.4 is 15.5 Å². The zero-order chi connectivity index (χ0) is 20.6. The lowest BCUT2D eigenvalue weighted by molar-refractivity contribution is -0.120. The quantitative estimate of drug-likeness (QED) is 0.404. The predicted molar refractivity (Wildman–Crippen MR) is 108 cm³/mol. The monoisotopic (exact) mass is 411 g/mol. The van der Waals surface area contributed by atoms with Crippen molar-refractivity contribution >= 4 is 34.5 Å². The van der Waals surface area contributed by atoms with Crippen molar-refractivity contribution in [3.63, 3.8) is 0 Å². The summed E-state index contributed by atoms with van der Waals surface area (Å²) in [6.45, 7) is 0. The molecule has 0 spiro atoms. The Balaban J connectivity index is 1.50. The van der Waals surface area contributed by atoms with Crippen molar-refractivity contribution in [2.45, 2.75) is 6.42 Å². The van der Waals surface area contributed by atoms with Crippen LogP contribution in [0.1, 0.15) is 20.9 Å². The van der Waals surface area contributed by atoms with Crippen molar-refractivity contribution in [3.05, 3.63) is 64.7 Å². The predicted octanol–water partition coefficient (Wildman–Crippen LogP) is 2.20. The van der Waals surface area contributed by atoms with Crippen molar-refractivity contribution in [2.75, 3.05) is 12.4 Å². The van der Waals surface area contributed by atoms with Crippen molar-refractivity contribution in [3.8, 4) is 11.5 Å². The highest BCUT2D eigenvalue weighted by Gasteiger charge is 2.12. The van der Waals surface area contributed by atoms with E-state index in [1.165, 1.54) is 18.3 Å². The first kappa shape index (κ1) is 20.0. The fourth-order valence-electron chi connectivity index (χ4n) is 2.20. The van der Waals surface area contributed by atoms with E-state index in [0.29, 0.717) is 21.5 Å². The van der Waals surface area contributed by atoms with E-state index in [2.05, 4.69) is 26.0 Å². The standard InChI is InChI=1S/C19H17N5O4S/c1-28-15-8-4-13(5-9-15)18(27)21-19-24-23-17(29-19)10-16(26)22-20-11-12-2-6-14(25)7-3-12/h2-9,11,25H,10H2,1H3,(H,22,26)(H,21,24,27)/b20-11-. The van der Waals surface area contributed by atoms with Crippen molar-refractivity contribution in [2.24, 2.45) is 5.10 Å². The third kappa shape index (κ3) is 5.84. The molecule has 3 N–H and O–H groups in total. The maximum absolute atomic E-state index is 12.2. The lowest BCUT2D eigenvalue weighted by Gasteiger charge is -2.02. The minimum atomic E-state index is -0.371. The van der Waals surface area contributed by atoms with Gasteiger partial charge in [-0.3, -0.25) is 14.9 Å². The molecule has 148 valence electrons. The summed E-state index contributed by atoms with van der Waals surface area (Å²) in [6, 6.07) is 13.0. The van der Waals surface area contributed by atoms with Crippen LogP contribution in [0.3, 0.4) is 0 Å². The van der Waals surface area contributed by atoms with Gasteiger partial charge in [-0.05, 0) is 54.1 Å². The van der Waals surface area contributed by atoms with Gasteiger partial charge < -0.3 is 9.84 Å². The molecule has 9 nitrogen and oxygen atoms in total. The molecule has 1 aromatic heterocycles. The van der Waals surface area contributed by atoms with E-state index in [1.807, 2.05) is 0 Å². The number of aromatic nitrogens is 2. The molecule has 3 rings (SSSR count). The molecule has 0 bridgehead atoms. The normalized spacial score (nSPS) is 10.7. The maximum atomic E-state index is 12.2. The van der Waals surface area contributed by atoms with Crippen molar-refractivity contribution in [1.82, 2.24) is 15.6 Å². The van der Waals surface area contributed by atoms with E-state index in [-0.39, 0.29) is 24.0 Å². The first-order valence-electron chi connectivity index (χ1n) is 8.42. The topological polar surface area (TPSA) is 126 Å². The summed E-state index contributed by atoms with van der Waals surface area (Å²) in [5.74, 6) is 0.0960. The fraction of sp³-hybridized carbons (Fsp3) is 0.105. The maximum Gasteiger partial charge on any atom is 0.257 e. The number of nitrogens with zero attached hydrogens (tertiary/aromatic N) is 3. The summed E-state index contributed by atoms with van der Waals surface area (Å²) in [7, 11) is 1.55. The summed E-state index contributed by atoms with van der Waals surface area (Å²) in [6.07, 6.45) is 1.43. The number of amides is 2. The SMILES string of the molecule is COc1ccc(C(=O)Nc2nnc(CC(=O)N/N=C\c3ccc(O)cc3)s2)cc1. The highest BCUT2D eigenvalue weighted by atomic mass is 32.1. The molecule has 0 aliphatic heterocycles. The average molecular weight is 411 g/mol. The zero-order valence-corrected chi connectivity index (χ0v) is 16.1. The molecule has 3 aromatic rings. The molecule has 1 heterocycles. The second-order valence-corrected chi connectivity index (χ2v) is 6.81. The van der Waals surface area contributed by atoms with Gasteiger partial charge in [0.25, 0.3) is 5.91 Å². The largest absolute Gasteiger partial charge is 0.508 e. The second-order valence-electron chi connectivity index (χ2n) is 5.75. The Morgan fingerprint density at radius 1 is 1.14 bits per heavy atom. The number of hydrogen-bond acceptors (Lipinski definition) is 8. The van der Waals surface area contributed by atoms with Crippen LogP contribution in [0.25, 0.3) is 0 Å². The molecular formula is C19H17N5O4S. The van der Waals surface area contributed by atoms with Gasteiger partial charge in [-0.2, -0.15) is 5.10 Å². The Bertz CT molecular complexity index is 1020. The molecule has 0 radical (unpaired) electrons. The van der Waals surface area contributed by atoms with E-state index in [4.69, 9.17) is 4.74 Å². The number of rotatable bonds is 7. The summed E-state index contributed by atoms with van der Waals surface area (Å²) in [5.41, 5.74) is 3.56. The van der Waals surface area contributed by atoms with Crippen LogP contribution in [-0.4, -0.2) is 40.4 Å². The Labute approximate surface area is 170 Å². The minimum Gasteiger partial charge on any atom is -0.508 e. The molecule has 29 heavy (non-hydrogen) atoms. The molecule has 0 saturated heterocycles. The Kier molecular flexibility index (Phi) is 6.48. The van der Waals surface area contributed by atoms with E-state index < -0.39 is 0 Å². The first-order valence-corrected chi connectivity index (χ1v) is 9.24. The number of methoxy groups -OCH3 is 1.